The number of carbonyl (C=O) groups is 1. The molecule has 100 valence electrons. The minimum atomic E-state index is -0.987. The first kappa shape index (κ1) is 13.3. The van der Waals surface area contributed by atoms with Crippen LogP contribution in [0.3, 0.4) is 0 Å². The van der Waals surface area contributed by atoms with E-state index < -0.39 is 5.97 Å². The van der Waals surface area contributed by atoms with Gasteiger partial charge < -0.3 is 9.67 Å². The minimum absolute atomic E-state index is 0.166. The highest BCUT2D eigenvalue weighted by atomic mass is 16.4. The van der Waals surface area contributed by atoms with Crippen LogP contribution < -0.4 is 5.43 Å². The normalized spacial score (nSPS) is 10.8. The first-order chi connectivity index (χ1) is 9.04. The fraction of sp³-hybridized carbons (Fsp3) is 0.333. The lowest BCUT2D eigenvalue weighted by Gasteiger charge is -2.18. The van der Waals surface area contributed by atoms with Gasteiger partial charge in [0.15, 0.2) is 5.43 Å². The van der Waals surface area contributed by atoms with Gasteiger partial charge in [0.2, 0.25) is 0 Å². The number of rotatable bonds is 4. The van der Waals surface area contributed by atoms with Gasteiger partial charge in [-0.1, -0.05) is 13.3 Å². The molecular formula is C15H17NO3. The van der Waals surface area contributed by atoms with Crippen LogP contribution in [0.4, 0.5) is 0 Å². The second-order valence-electron chi connectivity index (χ2n) is 4.69. The van der Waals surface area contributed by atoms with Crippen LogP contribution in [0.2, 0.25) is 0 Å². The molecule has 0 aromatic carbocycles. The highest BCUT2D eigenvalue weighted by molar-refractivity contribution is 5.97. The number of benzene rings is 1. The van der Waals surface area contributed by atoms with E-state index in [-0.39, 0.29) is 11.0 Å². The zero-order valence-corrected chi connectivity index (χ0v) is 11.1. The summed E-state index contributed by atoms with van der Waals surface area (Å²) in [6.45, 7) is 4.67. The summed E-state index contributed by atoms with van der Waals surface area (Å²) in [4.78, 5) is 22.9. The van der Waals surface area contributed by atoms with Crippen LogP contribution in [-0.4, -0.2) is 15.6 Å². The Bertz CT molecular complexity index is 643. The van der Waals surface area contributed by atoms with Gasteiger partial charge in [0.1, 0.15) is 0 Å². The molecule has 0 bridgehead atoms. The number of aromatic nitrogens is 1. The maximum atomic E-state index is 11.5. The lowest BCUT2D eigenvalue weighted by molar-refractivity contribution is 0.0695. The van der Waals surface area contributed by atoms with E-state index in [1.807, 2.05) is 10.8 Å². The highest BCUT2D eigenvalue weighted by Crippen LogP contribution is 2.27. The number of aromatic carboxylic acids is 1. The predicted octanol–water partition coefficient (Wildman–Crippen LogP) is 2.76. The van der Waals surface area contributed by atoms with Gasteiger partial charge >= 0.3 is 5.97 Å². The molecule has 0 spiro atoms. The number of carboxylic acid groups (broad SMARTS) is 1. The molecular weight excluding hydrogens is 242 g/mol. The molecule has 19 heavy (non-hydrogen) atoms. The number of hydrogen-bond acceptors (Lipinski definition) is 2. The van der Waals surface area contributed by atoms with E-state index in [9.17, 15) is 14.7 Å². The fourth-order valence-corrected chi connectivity index (χ4v) is 2.30. The maximum Gasteiger partial charge on any atom is 0.338 e. The molecule has 0 saturated heterocycles. The van der Waals surface area contributed by atoms with Gasteiger partial charge in [-0.25, -0.2) is 4.79 Å². The molecule has 0 amide bonds. The lowest BCUT2D eigenvalue weighted by Crippen LogP contribution is -2.14. The summed E-state index contributed by atoms with van der Waals surface area (Å²) in [5, 5.41) is 9.39. The summed E-state index contributed by atoms with van der Waals surface area (Å²) >= 11 is 0. The van der Waals surface area contributed by atoms with E-state index in [1.165, 1.54) is 12.1 Å². The minimum Gasteiger partial charge on any atom is -0.478 e. The van der Waals surface area contributed by atoms with Crippen molar-refractivity contribution in [3.8, 4) is 11.1 Å². The number of fused-ring (bicyclic) bond motifs is 1. The Balaban J connectivity index is 2.71. The van der Waals surface area contributed by atoms with Crippen LogP contribution >= 0.6 is 0 Å². The number of nitrogens with zero attached hydrogens (tertiary/aromatic N) is 1. The van der Waals surface area contributed by atoms with Gasteiger partial charge in [0, 0.05) is 24.0 Å². The quantitative estimate of drug-likeness (QED) is 0.918. The molecule has 1 aliphatic heterocycles. The van der Waals surface area contributed by atoms with Gasteiger partial charge in [0.25, 0.3) is 0 Å². The number of aryl methyl sites for hydroxylation is 1. The first-order valence-electron chi connectivity index (χ1n) is 6.41. The molecule has 0 atom stereocenters. The average Bonchev–Trinajstić information content (AvgIpc) is 2.36. The summed E-state index contributed by atoms with van der Waals surface area (Å²) < 4.78 is 1.96. The second-order valence-corrected chi connectivity index (χ2v) is 4.69. The van der Waals surface area contributed by atoms with E-state index in [0.29, 0.717) is 11.3 Å². The van der Waals surface area contributed by atoms with Crippen LogP contribution in [0.25, 0.3) is 11.1 Å². The summed E-state index contributed by atoms with van der Waals surface area (Å²) in [6, 6.07) is 4.55. The molecule has 2 rings (SSSR count). The number of hydrogen-bond donors (Lipinski definition) is 1. The van der Waals surface area contributed by atoms with Crippen LogP contribution in [0, 0.1) is 6.92 Å². The largest absolute Gasteiger partial charge is 0.478 e. The van der Waals surface area contributed by atoms with Crippen molar-refractivity contribution in [1.82, 2.24) is 4.57 Å². The van der Waals surface area contributed by atoms with Gasteiger partial charge in [-0.15, -0.1) is 0 Å². The monoisotopic (exact) mass is 259 g/mol. The van der Waals surface area contributed by atoms with Crippen LogP contribution in [0.5, 0.6) is 0 Å². The van der Waals surface area contributed by atoms with Crippen LogP contribution in [0.15, 0.2) is 29.2 Å². The highest BCUT2D eigenvalue weighted by Gasteiger charge is 2.19. The molecule has 1 aliphatic carbocycles. The Morgan fingerprint density at radius 3 is 2.74 bits per heavy atom. The predicted molar refractivity (Wildman–Crippen MR) is 73.9 cm³/mol. The smallest absolute Gasteiger partial charge is 0.338 e. The lowest BCUT2D eigenvalue weighted by atomic mass is 9.97. The zero-order chi connectivity index (χ0) is 14.0. The van der Waals surface area contributed by atoms with Gasteiger partial charge in [-0.05, 0) is 37.1 Å². The third-order valence-electron chi connectivity index (χ3n) is 3.35. The number of unbranched alkanes of at least 4 members (excludes halogenated alkanes) is 1. The molecule has 0 aromatic heterocycles. The third-order valence-corrected chi connectivity index (χ3v) is 3.35. The van der Waals surface area contributed by atoms with Crippen molar-refractivity contribution in [2.75, 3.05) is 0 Å². The molecule has 4 nitrogen and oxygen atoms in total. The van der Waals surface area contributed by atoms with Crippen molar-refractivity contribution in [3.63, 3.8) is 0 Å². The summed E-state index contributed by atoms with van der Waals surface area (Å²) in [5.41, 5.74) is 2.06. The zero-order valence-electron chi connectivity index (χ0n) is 11.1. The average molecular weight is 259 g/mol. The van der Waals surface area contributed by atoms with Gasteiger partial charge in [-0.2, -0.15) is 0 Å². The summed E-state index contributed by atoms with van der Waals surface area (Å²) in [6.07, 6.45) is 3.97. The molecule has 1 N–H and O–H groups in total. The van der Waals surface area contributed by atoms with Crippen LogP contribution in [-0.2, 0) is 6.54 Å². The van der Waals surface area contributed by atoms with E-state index in [2.05, 4.69) is 6.92 Å². The van der Waals surface area contributed by atoms with Crippen molar-refractivity contribution < 1.29 is 9.90 Å². The molecule has 0 radical (unpaired) electrons. The molecule has 0 saturated carbocycles. The SMILES string of the molecule is CCCCn1cc2ccc(=O)cc-2c(C(=O)O)c1C. The van der Waals surface area contributed by atoms with Gasteiger partial charge in [0.05, 0.1) is 5.56 Å². The third kappa shape index (κ3) is 2.52. The summed E-state index contributed by atoms with van der Waals surface area (Å²) in [5.74, 6) is -0.987. The molecule has 4 heteroatoms. The molecule has 0 aromatic rings. The first-order valence-corrected chi connectivity index (χ1v) is 6.41. The Kier molecular flexibility index (Phi) is 3.69. The Morgan fingerprint density at radius 2 is 2.11 bits per heavy atom. The Hall–Kier alpha value is -2.10. The molecule has 2 aliphatic rings. The fourth-order valence-electron chi connectivity index (χ4n) is 2.30. The van der Waals surface area contributed by atoms with Gasteiger partial charge in [-0.3, -0.25) is 4.79 Å². The molecule has 0 unspecified atom stereocenters. The van der Waals surface area contributed by atoms with Crippen molar-refractivity contribution in [1.29, 1.82) is 0 Å². The van der Waals surface area contributed by atoms with Crippen LogP contribution in [0.1, 0.15) is 35.8 Å². The Labute approximate surface area is 111 Å². The van der Waals surface area contributed by atoms with Crippen molar-refractivity contribution >= 4 is 5.97 Å². The number of pyridine rings is 1. The topological polar surface area (TPSA) is 59.3 Å². The van der Waals surface area contributed by atoms with E-state index >= 15 is 0 Å². The number of carboxylic acids is 1. The maximum absolute atomic E-state index is 11.5. The van der Waals surface area contributed by atoms with Crippen molar-refractivity contribution in [2.24, 2.45) is 0 Å². The molecule has 0 fully saturated rings. The van der Waals surface area contributed by atoms with Crippen molar-refractivity contribution in [3.05, 3.63) is 45.9 Å². The standard InChI is InChI=1S/C15H17NO3/c1-3-4-7-16-9-11-5-6-12(17)8-13(11)14(10(16)2)15(18)19/h5-6,8-9H,3-4,7H2,1-2H3,(H,18,19). The van der Waals surface area contributed by atoms with E-state index in [1.54, 1.807) is 13.0 Å². The second kappa shape index (κ2) is 5.26. The van der Waals surface area contributed by atoms with Crippen molar-refractivity contribution in [2.45, 2.75) is 33.2 Å². The van der Waals surface area contributed by atoms with E-state index in [0.717, 1.165) is 24.9 Å². The molecule has 1 heterocycles. The Morgan fingerprint density at radius 1 is 1.37 bits per heavy atom. The summed E-state index contributed by atoms with van der Waals surface area (Å²) in [7, 11) is 0. The van der Waals surface area contributed by atoms with E-state index in [4.69, 9.17) is 0 Å².